The largest absolute Gasteiger partial charge is 0.377 e. The van der Waals surface area contributed by atoms with Crippen molar-refractivity contribution in [3.63, 3.8) is 0 Å². The van der Waals surface area contributed by atoms with E-state index in [1.54, 1.807) is 0 Å². The summed E-state index contributed by atoms with van der Waals surface area (Å²) in [5.74, 6) is 0. The maximum Gasteiger partial charge on any atom is 0.0770 e. The van der Waals surface area contributed by atoms with Gasteiger partial charge in [-0.25, -0.2) is 0 Å². The molecule has 1 aliphatic rings. The molecule has 0 aromatic heterocycles. The second-order valence-electron chi connectivity index (χ2n) is 3.20. The van der Waals surface area contributed by atoms with Gasteiger partial charge in [-0.15, -0.1) is 6.58 Å². The Labute approximate surface area is 73.6 Å². The molecule has 11 heavy (non-hydrogen) atoms. The average molecular weight is 185 g/mol. The molecule has 0 saturated carbocycles. The average Bonchev–Trinajstić information content (AvgIpc) is 2.07. The summed E-state index contributed by atoms with van der Waals surface area (Å²) in [6, 6.07) is 1.25. The second-order valence-corrected chi connectivity index (χ2v) is 10.3. The first kappa shape index (κ1) is 9.22. The summed E-state index contributed by atoms with van der Waals surface area (Å²) in [6.45, 7) is 4.77. The molecule has 0 aliphatic carbocycles. The zero-order valence-electron chi connectivity index (χ0n) is 7.31. The normalized spacial score (nSPS) is 23.3. The summed E-state index contributed by atoms with van der Waals surface area (Å²) in [4.78, 5) is 0. The minimum Gasteiger partial charge on any atom is -0.377 e. The smallest absolute Gasteiger partial charge is 0.0770 e. The van der Waals surface area contributed by atoms with E-state index in [4.69, 9.17) is 4.74 Å². The van der Waals surface area contributed by atoms with E-state index < -0.39 is 8.31 Å². The van der Waals surface area contributed by atoms with Crippen LogP contribution in [-0.4, -0.2) is 24.7 Å². The fraction of sp³-hybridized carbons (Fsp3) is 0.625. The van der Waals surface area contributed by atoms with Crippen LogP contribution in [0.2, 0.25) is 6.04 Å². The van der Waals surface area contributed by atoms with Crippen LogP contribution in [0.5, 0.6) is 0 Å². The van der Waals surface area contributed by atoms with Crippen LogP contribution >= 0.6 is 0 Å². The van der Waals surface area contributed by atoms with E-state index in [1.165, 1.54) is 40.8 Å². The standard InChI is InChI=1S/C8H17OSi2/c1-2-7-11(10)8-5-3-4-6-9-8/h2,11H,1,3-7H2,10H3. The van der Waals surface area contributed by atoms with E-state index in [-0.39, 0.29) is 0 Å². The first-order valence-electron chi connectivity index (χ1n) is 4.44. The van der Waals surface area contributed by atoms with E-state index >= 15 is 0 Å². The molecule has 1 radical (unpaired) electrons. The molecule has 3 heteroatoms. The van der Waals surface area contributed by atoms with Gasteiger partial charge in [0, 0.05) is 6.61 Å². The topological polar surface area (TPSA) is 9.23 Å². The molecule has 1 unspecified atom stereocenters. The summed E-state index contributed by atoms with van der Waals surface area (Å²) in [7, 11) is 0.777. The van der Waals surface area contributed by atoms with E-state index in [9.17, 15) is 0 Å². The number of rotatable bonds is 3. The first-order valence-corrected chi connectivity index (χ1v) is 10.4. The minimum absolute atomic E-state index is 0.568. The van der Waals surface area contributed by atoms with Crippen LogP contribution in [0.4, 0.5) is 0 Å². The van der Waals surface area contributed by atoms with Crippen molar-refractivity contribution in [2.24, 2.45) is 0 Å². The molecule has 0 aromatic rings. The lowest BCUT2D eigenvalue weighted by atomic mass is 10.2. The van der Waals surface area contributed by atoms with Crippen molar-refractivity contribution in [1.82, 2.24) is 0 Å². The van der Waals surface area contributed by atoms with Gasteiger partial charge in [-0.05, 0) is 35.1 Å². The Bertz CT molecular complexity index is 121. The van der Waals surface area contributed by atoms with Crippen LogP contribution < -0.4 is 0 Å². The van der Waals surface area contributed by atoms with E-state index in [2.05, 4.69) is 12.7 Å². The van der Waals surface area contributed by atoms with Crippen molar-refractivity contribution < 1.29 is 4.74 Å². The summed E-state index contributed by atoms with van der Waals surface area (Å²) in [5, 5.41) is 0. The third-order valence-electron chi connectivity index (χ3n) is 2.17. The molecule has 1 atom stereocenters. The highest BCUT2D eigenvalue weighted by Crippen LogP contribution is 2.22. The van der Waals surface area contributed by atoms with Gasteiger partial charge in [0.1, 0.15) is 0 Å². The third-order valence-corrected chi connectivity index (χ3v) is 8.12. The Hall–Kier alpha value is 0.134. The van der Waals surface area contributed by atoms with Crippen LogP contribution in [0.1, 0.15) is 19.3 Å². The fourth-order valence-corrected chi connectivity index (χ4v) is 5.68. The molecular formula is C8H17OSi2. The minimum atomic E-state index is -0.568. The Kier molecular flexibility index (Phi) is 4.11. The Morgan fingerprint density at radius 3 is 3.00 bits per heavy atom. The highest BCUT2D eigenvalue weighted by atomic mass is 29.1. The van der Waals surface area contributed by atoms with Crippen molar-refractivity contribution in [3.05, 3.63) is 18.4 Å². The summed E-state index contributed by atoms with van der Waals surface area (Å²) in [6.07, 6.45) is 5.95. The monoisotopic (exact) mass is 185 g/mol. The lowest BCUT2D eigenvalue weighted by Gasteiger charge is -2.25. The lowest BCUT2D eigenvalue weighted by molar-refractivity contribution is 0.134. The van der Waals surface area contributed by atoms with E-state index in [0.717, 1.165) is 6.61 Å². The van der Waals surface area contributed by atoms with Gasteiger partial charge in [-0.2, -0.15) is 0 Å². The SMILES string of the molecule is C=CC[SiH]([SiH3])[C]1CCCCO1. The van der Waals surface area contributed by atoms with Crippen LogP contribution in [0.25, 0.3) is 0 Å². The Balaban J connectivity index is 2.26. The van der Waals surface area contributed by atoms with Gasteiger partial charge in [-0.3, -0.25) is 0 Å². The molecule has 1 rings (SSSR count). The van der Waals surface area contributed by atoms with E-state index in [1.807, 2.05) is 0 Å². The van der Waals surface area contributed by atoms with Gasteiger partial charge in [-0.1, -0.05) is 6.08 Å². The molecule has 0 amide bonds. The number of hydrogen-bond acceptors (Lipinski definition) is 1. The predicted molar refractivity (Wildman–Crippen MR) is 55.1 cm³/mol. The summed E-state index contributed by atoms with van der Waals surface area (Å²) < 4.78 is 5.66. The molecule has 1 nitrogen and oxygen atoms in total. The van der Waals surface area contributed by atoms with Gasteiger partial charge >= 0.3 is 0 Å². The Morgan fingerprint density at radius 1 is 1.64 bits per heavy atom. The van der Waals surface area contributed by atoms with Gasteiger partial charge in [0.2, 0.25) is 0 Å². The molecule has 1 fully saturated rings. The maximum atomic E-state index is 5.66. The molecule has 0 N–H and O–H groups in total. The van der Waals surface area contributed by atoms with Crippen molar-refractivity contribution in [2.45, 2.75) is 25.3 Å². The number of allylic oxidation sites excluding steroid dienone is 1. The van der Waals surface area contributed by atoms with Crippen molar-refractivity contribution in [1.29, 1.82) is 0 Å². The van der Waals surface area contributed by atoms with Crippen LogP contribution in [-0.2, 0) is 4.74 Å². The zero-order valence-corrected chi connectivity index (χ0v) is 10.5. The fourth-order valence-electron chi connectivity index (χ4n) is 1.45. The van der Waals surface area contributed by atoms with Crippen LogP contribution in [0.3, 0.4) is 0 Å². The highest BCUT2D eigenvalue weighted by molar-refractivity contribution is 7.06. The molecule has 0 bridgehead atoms. The molecular weight excluding hydrogens is 168 g/mol. The van der Waals surface area contributed by atoms with Gasteiger partial charge in [0.05, 0.1) is 14.0 Å². The van der Waals surface area contributed by atoms with E-state index in [0.29, 0.717) is 0 Å². The van der Waals surface area contributed by atoms with Gasteiger partial charge in [0.15, 0.2) is 0 Å². The van der Waals surface area contributed by atoms with Crippen LogP contribution in [0, 0.1) is 5.73 Å². The maximum absolute atomic E-state index is 5.66. The number of hydrogen-bond donors (Lipinski definition) is 0. The second kappa shape index (κ2) is 4.90. The molecule has 1 aliphatic heterocycles. The summed E-state index contributed by atoms with van der Waals surface area (Å²) >= 11 is 0. The molecule has 63 valence electrons. The molecule has 0 aromatic carbocycles. The molecule has 0 spiro atoms. The summed E-state index contributed by atoms with van der Waals surface area (Å²) in [5.41, 5.74) is 1.49. The van der Waals surface area contributed by atoms with Crippen molar-refractivity contribution >= 4 is 18.1 Å². The molecule has 1 heterocycles. The van der Waals surface area contributed by atoms with Crippen molar-refractivity contribution in [2.75, 3.05) is 6.61 Å². The predicted octanol–water partition coefficient (Wildman–Crippen LogP) is 0.533. The third kappa shape index (κ3) is 2.93. The Morgan fingerprint density at radius 2 is 2.45 bits per heavy atom. The van der Waals surface area contributed by atoms with Crippen molar-refractivity contribution in [3.8, 4) is 0 Å². The highest BCUT2D eigenvalue weighted by Gasteiger charge is 2.21. The zero-order chi connectivity index (χ0) is 8.10. The van der Waals surface area contributed by atoms with Gasteiger partial charge in [0.25, 0.3) is 0 Å². The quantitative estimate of drug-likeness (QED) is 0.460. The molecule has 1 saturated heterocycles. The first-order chi connectivity index (χ1) is 5.34. The van der Waals surface area contributed by atoms with Gasteiger partial charge < -0.3 is 4.74 Å². The number of ether oxygens (including phenoxy) is 1. The lowest BCUT2D eigenvalue weighted by Crippen LogP contribution is -2.28. The van der Waals surface area contributed by atoms with Crippen LogP contribution in [0.15, 0.2) is 12.7 Å².